The molecule has 0 bridgehead atoms. The maximum absolute atomic E-state index is 11.8. The summed E-state index contributed by atoms with van der Waals surface area (Å²) in [5.41, 5.74) is 4.29. The first-order chi connectivity index (χ1) is 11.1. The fourth-order valence-corrected chi connectivity index (χ4v) is 2.83. The molecule has 0 spiro atoms. The summed E-state index contributed by atoms with van der Waals surface area (Å²) in [6, 6.07) is 12.0. The Morgan fingerprint density at radius 1 is 1.22 bits per heavy atom. The van der Waals surface area contributed by atoms with Gasteiger partial charge in [0.05, 0.1) is 17.6 Å². The number of hydrogen-bond acceptors (Lipinski definition) is 4. The predicted molar refractivity (Wildman–Crippen MR) is 86.3 cm³/mol. The van der Waals surface area contributed by atoms with Crippen LogP contribution in [0.1, 0.15) is 33.5 Å². The number of nitrogens with zero attached hydrogens (tertiary/aromatic N) is 1. The summed E-state index contributed by atoms with van der Waals surface area (Å²) in [7, 11) is 1.35. The molecular weight excluding hydrogens is 294 g/mol. The van der Waals surface area contributed by atoms with Crippen LogP contribution in [0.5, 0.6) is 0 Å². The fourth-order valence-electron chi connectivity index (χ4n) is 2.83. The maximum Gasteiger partial charge on any atom is 0.337 e. The van der Waals surface area contributed by atoms with Crippen molar-refractivity contribution in [3.8, 4) is 0 Å². The average molecular weight is 309 g/mol. The van der Waals surface area contributed by atoms with E-state index in [9.17, 15) is 14.9 Å². The summed E-state index contributed by atoms with van der Waals surface area (Å²) in [6.07, 6.45) is 3.81. The van der Waals surface area contributed by atoms with Crippen molar-refractivity contribution >= 4 is 17.2 Å². The molecule has 0 fully saturated rings. The summed E-state index contributed by atoms with van der Waals surface area (Å²) in [6.45, 7) is 0. The number of benzene rings is 2. The number of ether oxygens (including phenoxy) is 1. The fraction of sp³-hybridized carbons (Fsp3) is 0.167. The van der Waals surface area contributed by atoms with Gasteiger partial charge in [0, 0.05) is 12.1 Å². The number of methoxy groups -OCH3 is 1. The van der Waals surface area contributed by atoms with Gasteiger partial charge in [0.2, 0.25) is 0 Å². The SMILES string of the molecule is COC(=O)c1ccc2c(c1)C(c1cccc([N+](=O)[O-])c1)=CCC2. The van der Waals surface area contributed by atoms with Crippen LogP contribution in [0.15, 0.2) is 48.5 Å². The third-order valence-electron chi connectivity index (χ3n) is 3.95. The molecule has 3 rings (SSSR count). The number of nitro groups is 1. The van der Waals surface area contributed by atoms with Crippen molar-refractivity contribution < 1.29 is 14.5 Å². The topological polar surface area (TPSA) is 69.4 Å². The summed E-state index contributed by atoms with van der Waals surface area (Å²) in [4.78, 5) is 22.3. The smallest absolute Gasteiger partial charge is 0.337 e. The zero-order chi connectivity index (χ0) is 16.4. The molecule has 1 aliphatic rings. The predicted octanol–water partition coefficient (Wildman–Crippen LogP) is 3.76. The standard InChI is InChI=1S/C18H15NO4/c1-23-18(20)14-9-8-12-4-3-7-16(17(12)11-14)13-5-2-6-15(10-13)19(21)22/h2,5-11H,3-4H2,1H3. The number of fused-ring (bicyclic) bond motifs is 1. The molecule has 2 aromatic rings. The van der Waals surface area contributed by atoms with E-state index in [1.807, 2.05) is 12.1 Å². The number of nitro benzene ring substituents is 1. The van der Waals surface area contributed by atoms with E-state index < -0.39 is 10.9 Å². The summed E-state index contributed by atoms with van der Waals surface area (Å²) < 4.78 is 4.77. The summed E-state index contributed by atoms with van der Waals surface area (Å²) in [5.74, 6) is -0.392. The Morgan fingerprint density at radius 3 is 2.78 bits per heavy atom. The molecule has 0 N–H and O–H groups in total. The molecule has 1 aliphatic carbocycles. The minimum absolute atomic E-state index is 0.0552. The van der Waals surface area contributed by atoms with Crippen LogP contribution in [0.3, 0.4) is 0 Å². The van der Waals surface area contributed by atoms with E-state index in [0.717, 1.165) is 35.1 Å². The summed E-state index contributed by atoms with van der Waals surface area (Å²) >= 11 is 0. The van der Waals surface area contributed by atoms with Gasteiger partial charge < -0.3 is 4.74 Å². The highest BCUT2D eigenvalue weighted by Gasteiger charge is 2.18. The van der Waals surface area contributed by atoms with Gasteiger partial charge >= 0.3 is 5.97 Å². The van der Waals surface area contributed by atoms with Crippen LogP contribution in [-0.4, -0.2) is 18.0 Å². The highest BCUT2D eigenvalue weighted by Crippen LogP contribution is 2.33. The van der Waals surface area contributed by atoms with Crippen molar-refractivity contribution in [2.45, 2.75) is 12.8 Å². The van der Waals surface area contributed by atoms with Crippen LogP contribution in [-0.2, 0) is 11.2 Å². The van der Waals surface area contributed by atoms with Gasteiger partial charge in [-0.3, -0.25) is 10.1 Å². The van der Waals surface area contributed by atoms with Gasteiger partial charge in [-0.05, 0) is 47.2 Å². The van der Waals surface area contributed by atoms with Gasteiger partial charge in [0.15, 0.2) is 0 Å². The minimum Gasteiger partial charge on any atom is -0.465 e. The van der Waals surface area contributed by atoms with E-state index in [1.54, 1.807) is 24.3 Å². The Hall–Kier alpha value is -2.95. The lowest BCUT2D eigenvalue weighted by Crippen LogP contribution is -2.06. The lowest BCUT2D eigenvalue weighted by molar-refractivity contribution is -0.384. The third kappa shape index (κ3) is 2.85. The Kier molecular flexibility index (Phi) is 3.93. The Labute approximate surface area is 133 Å². The van der Waals surface area contributed by atoms with E-state index >= 15 is 0 Å². The minimum atomic E-state index is -0.404. The molecule has 0 aliphatic heterocycles. The number of esters is 1. The number of non-ortho nitro benzene ring substituents is 1. The first kappa shape index (κ1) is 15.0. The molecule has 0 saturated carbocycles. The average Bonchev–Trinajstić information content (AvgIpc) is 2.60. The van der Waals surface area contributed by atoms with Gasteiger partial charge in [-0.1, -0.05) is 24.3 Å². The van der Waals surface area contributed by atoms with Crippen molar-refractivity contribution in [2.75, 3.05) is 7.11 Å². The lowest BCUT2D eigenvalue weighted by Gasteiger charge is -2.19. The van der Waals surface area contributed by atoms with E-state index in [0.29, 0.717) is 5.56 Å². The maximum atomic E-state index is 11.8. The first-order valence-corrected chi connectivity index (χ1v) is 7.27. The molecule has 0 aromatic heterocycles. The van der Waals surface area contributed by atoms with E-state index in [-0.39, 0.29) is 5.69 Å². The van der Waals surface area contributed by atoms with Crippen LogP contribution in [0, 0.1) is 10.1 Å². The van der Waals surface area contributed by atoms with Crippen molar-refractivity contribution in [3.63, 3.8) is 0 Å². The van der Waals surface area contributed by atoms with Gasteiger partial charge in [0.25, 0.3) is 5.69 Å². The molecule has 0 radical (unpaired) electrons. The summed E-state index contributed by atoms with van der Waals surface area (Å²) in [5, 5.41) is 11.0. The van der Waals surface area contributed by atoms with E-state index in [4.69, 9.17) is 4.74 Å². The number of allylic oxidation sites excluding steroid dienone is 1. The van der Waals surface area contributed by atoms with Crippen LogP contribution < -0.4 is 0 Å². The molecule has 0 atom stereocenters. The van der Waals surface area contributed by atoms with Gasteiger partial charge in [-0.2, -0.15) is 0 Å². The quantitative estimate of drug-likeness (QED) is 0.492. The molecule has 5 nitrogen and oxygen atoms in total. The molecule has 23 heavy (non-hydrogen) atoms. The second-order valence-electron chi connectivity index (χ2n) is 5.33. The number of carbonyl (C=O) groups is 1. The van der Waals surface area contributed by atoms with Crippen LogP contribution >= 0.6 is 0 Å². The van der Waals surface area contributed by atoms with Crippen LogP contribution in [0.25, 0.3) is 5.57 Å². The van der Waals surface area contributed by atoms with E-state index in [2.05, 4.69) is 6.08 Å². The number of hydrogen-bond donors (Lipinski definition) is 0. The zero-order valence-corrected chi connectivity index (χ0v) is 12.6. The largest absolute Gasteiger partial charge is 0.465 e. The number of aryl methyl sites for hydroxylation is 1. The van der Waals surface area contributed by atoms with Crippen molar-refractivity contribution in [3.05, 3.63) is 80.9 Å². The molecule has 116 valence electrons. The molecule has 0 unspecified atom stereocenters. The second-order valence-corrected chi connectivity index (χ2v) is 5.33. The number of rotatable bonds is 3. The van der Waals surface area contributed by atoms with E-state index in [1.165, 1.54) is 13.2 Å². The van der Waals surface area contributed by atoms with Gasteiger partial charge in [-0.25, -0.2) is 4.79 Å². The number of carbonyl (C=O) groups excluding carboxylic acids is 1. The van der Waals surface area contributed by atoms with Crippen LogP contribution in [0.2, 0.25) is 0 Å². The highest BCUT2D eigenvalue weighted by molar-refractivity contribution is 5.92. The molecule has 0 saturated heterocycles. The second kappa shape index (κ2) is 6.04. The van der Waals surface area contributed by atoms with Crippen molar-refractivity contribution in [1.29, 1.82) is 0 Å². The lowest BCUT2D eigenvalue weighted by atomic mass is 9.86. The normalized spacial score (nSPS) is 13.0. The monoisotopic (exact) mass is 309 g/mol. The van der Waals surface area contributed by atoms with Crippen LogP contribution in [0.4, 0.5) is 5.69 Å². The third-order valence-corrected chi connectivity index (χ3v) is 3.95. The van der Waals surface area contributed by atoms with Gasteiger partial charge in [0.1, 0.15) is 0 Å². The van der Waals surface area contributed by atoms with Crippen molar-refractivity contribution in [2.24, 2.45) is 0 Å². The Bertz CT molecular complexity index is 824. The molecule has 0 amide bonds. The molecule has 0 heterocycles. The zero-order valence-electron chi connectivity index (χ0n) is 12.6. The Balaban J connectivity index is 2.09. The Morgan fingerprint density at radius 2 is 2.04 bits per heavy atom. The molecule has 2 aromatic carbocycles. The van der Waals surface area contributed by atoms with Crippen molar-refractivity contribution in [1.82, 2.24) is 0 Å². The molecular formula is C18H15NO4. The highest BCUT2D eigenvalue weighted by atomic mass is 16.6. The molecule has 5 heteroatoms. The van der Waals surface area contributed by atoms with Gasteiger partial charge in [-0.15, -0.1) is 0 Å². The first-order valence-electron chi connectivity index (χ1n) is 7.27.